The lowest BCUT2D eigenvalue weighted by molar-refractivity contribution is 0.428. The summed E-state index contributed by atoms with van der Waals surface area (Å²) >= 11 is 0. The second kappa shape index (κ2) is 5.34. The molecule has 0 heterocycles. The number of hydrogen-bond acceptors (Lipinski definition) is 1. The van der Waals surface area contributed by atoms with Crippen LogP contribution in [0.3, 0.4) is 0 Å². The van der Waals surface area contributed by atoms with Crippen molar-refractivity contribution in [1.82, 2.24) is 0 Å². The highest BCUT2D eigenvalue weighted by atomic mass is 16.3. The van der Waals surface area contributed by atoms with Crippen molar-refractivity contribution >= 4 is 0 Å². The highest BCUT2D eigenvalue weighted by Crippen LogP contribution is 2.45. The average Bonchev–Trinajstić information content (AvgIpc) is 2.23. The summed E-state index contributed by atoms with van der Waals surface area (Å²) < 4.78 is 0. The van der Waals surface area contributed by atoms with Crippen molar-refractivity contribution in [2.24, 2.45) is 0 Å². The molecule has 21 heavy (non-hydrogen) atoms. The van der Waals surface area contributed by atoms with Crippen molar-refractivity contribution in [2.75, 3.05) is 0 Å². The minimum absolute atomic E-state index is 0.0205. The van der Waals surface area contributed by atoms with Gasteiger partial charge in [0, 0.05) is 5.56 Å². The van der Waals surface area contributed by atoms with E-state index in [1.807, 2.05) is 6.07 Å². The summed E-state index contributed by atoms with van der Waals surface area (Å²) in [5, 5.41) is 10.8. The van der Waals surface area contributed by atoms with E-state index in [0.717, 1.165) is 12.0 Å². The van der Waals surface area contributed by atoms with Crippen molar-refractivity contribution in [3.05, 3.63) is 28.3 Å². The number of phenols is 1. The van der Waals surface area contributed by atoms with E-state index in [9.17, 15) is 5.11 Å². The Bertz CT molecular complexity index is 517. The largest absolute Gasteiger partial charge is 0.508 e. The molecule has 1 aromatic rings. The Balaban J connectivity index is 3.96. The first kappa shape index (κ1) is 18.1. The number of aromatic hydroxyl groups is 1. The van der Waals surface area contributed by atoms with Crippen LogP contribution in [-0.4, -0.2) is 5.11 Å². The molecule has 1 N–H and O–H groups in total. The van der Waals surface area contributed by atoms with Crippen molar-refractivity contribution in [2.45, 2.75) is 91.9 Å². The zero-order valence-electron chi connectivity index (χ0n) is 15.7. The van der Waals surface area contributed by atoms with Gasteiger partial charge in [-0.05, 0) is 45.4 Å². The SMILES string of the molecule is CCc1c(C(C)(C)C)cc(O)c(C(C)(C)C)c1C(C)(C)C. The zero-order valence-corrected chi connectivity index (χ0v) is 15.7. The Kier molecular flexibility index (Phi) is 4.59. The highest BCUT2D eigenvalue weighted by molar-refractivity contribution is 5.56. The van der Waals surface area contributed by atoms with Gasteiger partial charge in [-0.2, -0.15) is 0 Å². The smallest absolute Gasteiger partial charge is 0.119 e. The van der Waals surface area contributed by atoms with Crippen LogP contribution in [0.2, 0.25) is 0 Å². The molecule has 0 aliphatic carbocycles. The zero-order chi connectivity index (χ0) is 16.8. The molecule has 1 heteroatoms. The monoisotopic (exact) mass is 290 g/mol. The molecule has 1 aromatic carbocycles. The maximum atomic E-state index is 10.8. The fraction of sp³-hybridized carbons (Fsp3) is 0.700. The molecular weight excluding hydrogens is 256 g/mol. The third-order valence-electron chi connectivity index (χ3n) is 4.08. The van der Waals surface area contributed by atoms with Crippen molar-refractivity contribution in [3.63, 3.8) is 0 Å². The molecule has 0 spiro atoms. The molecule has 0 fully saturated rings. The Morgan fingerprint density at radius 3 is 1.48 bits per heavy atom. The van der Waals surface area contributed by atoms with Crippen LogP contribution in [0.4, 0.5) is 0 Å². The molecule has 0 bridgehead atoms. The van der Waals surface area contributed by atoms with Gasteiger partial charge >= 0.3 is 0 Å². The maximum absolute atomic E-state index is 10.8. The molecule has 0 saturated heterocycles. The Labute approximate surface area is 131 Å². The van der Waals surface area contributed by atoms with Gasteiger partial charge in [0.1, 0.15) is 5.75 Å². The van der Waals surface area contributed by atoms with E-state index in [1.165, 1.54) is 16.7 Å². The quantitative estimate of drug-likeness (QED) is 0.688. The predicted octanol–water partition coefficient (Wildman–Crippen LogP) is 5.85. The molecule has 0 aromatic heterocycles. The molecule has 0 saturated carbocycles. The lowest BCUT2D eigenvalue weighted by atomic mass is 9.68. The minimum Gasteiger partial charge on any atom is -0.508 e. The topological polar surface area (TPSA) is 20.2 Å². The first-order chi connectivity index (χ1) is 9.21. The van der Waals surface area contributed by atoms with Gasteiger partial charge in [0.05, 0.1) is 0 Å². The molecule has 0 aliphatic heterocycles. The van der Waals surface area contributed by atoms with Crippen LogP contribution < -0.4 is 0 Å². The fourth-order valence-corrected chi connectivity index (χ4v) is 3.33. The van der Waals surface area contributed by atoms with E-state index in [2.05, 4.69) is 69.2 Å². The first-order valence-electron chi connectivity index (χ1n) is 8.11. The second-order valence-corrected chi connectivity index (χ2v) is 9.28. The van der Waals surface area contributed by atoms with E-state index in [-0.39, 0.29) is 16.2 Å². The van der Waals surface area contributed by atoms with Crippen LogP contribution in [0, 0.1) is 0 Å². The van der Waals surface area contributed by atoms with Gasteiger partial charge in [0.2, 0.25) is 0 Å². The van der Waals surface area contributed by atoms with Crippen LogP contribution >= 0.6 is 0 Å². The number of hydrogen-bond donors (Lipinski definition) is 1. The summed E-state index contributed by atoms with van der Waals surface area (Å²) in [7, 11) is 0. The lowest BCUT2D eigenvalue weighted by Gasteiger charge is -2.36. The third kappa shape index (κ3) is 3.62. The van der Waals surface area contributed by atoms with E-state index in [1.54, 1.807) is 0 Å². The summed E-state index contributed by atoms with van der Waals surface area (Å²) in [6.07, 6.45) is 1.00. The van der Waals surface area contributed by atoms with Crippen LogP contribution in [0.1, 0.15) is 91.5 Å². The van der Waals surface area contributed by atoms with Gasteiger partial charge in [0.25, 0.3) is 0 Å². The molecule has 1 nitrogen and oxygen atoms in total. The highest BCUT2D eigenvalue weighted by Gasteiger charge is 2.33. The molecular formula is C20H34O. The molecule has 1 rings (SSSR count). The summed E-state index contributed by atoms with van der Waals surface area (Å²) in [4.78, 5) is 0. The van der Waals surface area contributed by atoms with E-state index < -0.39 is 0 Å². The van der Waals surface area contributed by atoms with Crippen molar-refractivity contribution < 1.29 is 5.11 Å². The molecule has 0 aliphatic rings. The van der Waals surface area contributed by atoms with E-state index in [0.29, 0.717) is 5.75 Å². The Hall–Kier alpha value is -0.980. The van der Waals surface area contributed by atoms with Crippen LogP contribution in [0.5, 0.6) is 5.75 Å². The molecule has 0 amide bonds. The first-order valence-corrected chi connectivity index (χ1v) is 8.11. The summed E-state index contributed by atoms with van der Waals surface area (Å²) in [5.74, 6) is 0.453. The summed E-state index contributed by atoms with van der Waals surface area (Å²) in [6.45, 7) is 22.2. The van der Waals surface area contributed by atoms with Gasteiger partial charge in [-0.3, -0.25) is 0 Å². The lowest BCUT2D eigenvalue weighted by Crippen LogP contribution is -2.27. The van der Waals surface area contributed by atoms with Gasteiger partial charge in [-0.15, -0.1) is 0 Å². The molecule has 0 radical (unpaired) electrons. The van der Waals surface area contributed by atoms with Crippen molar-refractivity contribution in [3.8, 4) is 5.75 Å². The Morgan fingerprint density at radius 2 is 1.19 bits per heavy atom. The fourth-order valence-electron chi connectivity index (χ4n) is 3.33. The second-order valence-electron chi connectivity index (χ2n) is 9.28. The molecule has 0 atom stereocenters. The Morgan fingerprint density at radius 1 is 0.762 bits per heavy atom. The van der Waals surface area contributed by atoms with Gasteiger partial charge < -0.3 is 5.11 Å². The minimum atomic E-state index is -0.0625. The number of rotatable bonds is 1. The van der Waals surface area contributed by atoms with Gasteiger partial charge in [-0.25, -0.2) is 0 Å². The maximum Gasteiger partial charge on any atom is 0.119 e. The number of phenolic OH excluding ortho intramolecular Hbond substituents is 1. The van der Waals surface area contributed by atoms with Crippen molar-refractivity contribution in [1.29, 1.82) is 0 Å². The summed E-state index contributed by atoms with van der Waals surface area (Å²) in [6, 6.07) is 2.01. The third-order valence-corrected chi connectivity index (χ3v) is 4.08. The van der Waals surface area contributed by atoms with Crippen LogP contribution in [0.15, 0.2) is 6.07 Å². The summed E-state index contributed by atoms with van der Waals surface area (Å²) in [5.41, 5.74) is 5.14. The normalized spacial score (nSPS) is 13.6. The van der Waals surface area contributed by atoms with Crippen LogP contribution in [0.25, 0.3) is 0 Å². The van der Waals surface area contributed by atoms with Gasteiger partial charge in [0.15, 0.2) is 0 Å². The van der Waals surface area contributed by atoms with Crippen LogP contribution in [-0.2, 0) is 22.7 Å². The average molecular weight is 290 g/mol. The molecule has 120 valence electrons. The van der Waals surface area contributed by atoms with E-state index in [4.69, 9.17) is 0 Å². The van der Waals surface area contributed by atoms with E-state index >= 15 is 0 Å². The number of benzene rings is 1. The van der Waals surface area contributed by atoms with Gasteiger partial charge in [-0.1, -0.05) is 69.2 Å². The standard InChI is InChI=1S/C20H34O/c1-11-13-14(18(2,3)4)12-15(21)17(20(8,9)10)16(13)19(5,6)7/h12,21H,11H2,1-10H3. The predicted molar refractivity (Wildman–Crippen MR) is 93.6 cm³/mol. The molecule has 0 unspecified atom stereocenters.